The van der Waals surface area contributed by atoms with Crippen LogP contribution in [0.15, 0.2) is 34.1 Å². The van der Waals surface area contributed by atoms with Crippen molar-refractivity contribution >= 4 is 26.0 Å². The van der Waals surface area contributed by atoms with Gasteiger partial charge in [-0.25, -0.2) is 21.6 Å². The number of nitrogens with one attached hydrogen (secondary N) is 2. The third-order valence-electron chi connectivity index (χ3n) is 3.94. The van der Waals surface area contributed by atoms with E-state index in [0.717, 1.165) is 4.31 Å². The number of hydrogen-bond acceptors (Lipinski definition) is 6. The average Bonchev–Trinajstić information content (AvgIpc) is 2.62. The third-order valence-corrected chi connectivity index (χ3v) is 7.19. The van der Waals surface area contributed by atoms with E-state index in [-0.39, 0.29) is 22.2 Å². The number of sulfonamides is 2. The first-order valence-electron chi connectivity index (χ1n) is 7.67. The maximum absolute atomic E-state index is 12.6. The zero-order valence-electron chi connectivity index (χ0n) is 14.1. The van der Waals surface area contributed by atoms with E-state index in [1.165, 1.54) is 38.4 Å². The minimum atomic E-state index is -3.89. The number of amides is 1. The summed E-state index contributed by atoms with van der Waals surface area (Å²) in [4.78, 5) is 13.7. The Bertz CT molecular complexity index is 815. The Labute approximate surface area is 148 Å². The molecule has 1 aliphatic rings. The second-order valence-corrected chi connectivity index (χ2v) is 9.50. The van der Waals surface area contributed by atoms with Gasteiger partial charge in [0.15, 0.2) is 0 Å². The smallest absolute Gasteiger partial charge is 0.243 e. The largest absolute Gasteiger partial charge is 0.339 e. The van der Waals surface area contributed by atoms with Gasteiger partial charge in [0.05, 0.1) is 16.3 Å². The van der Waals surface area contributed by atoms with Gasteiger partial charge in [0.25, 0.3) is 0 Å². The summed E-state index contributed by atoms with van der Waals surface area (Å²) in [6.07, 6.45) is 0. The van der Waals surface area contributed by atoms with Crippen molar-refractivity contribution in [1.82, 2.24) is 19.2 Å². The first kappa shape index (κ1) is 19.8. The van der Waals surface area contributed by atoms with Crippen LogP contribution in [0, 0.1) is 0 Å². The highest BCUT2D eigenvalue weighted by Gasteiger charge is 2.26. The number of carbonyl (C=O) groups excluding carboxylic acids is 1. The molecule has 0 bridgehead atoms. The highest BCUT2D eigenvalue weighted by atomic mass is 32.2. The zero-order chi connectivity index (χ0) is 18.7. The lowest BCUT2D eigenvalue weighted by atomic mass is 10.3. The lowest BCUT2D eigenvalue weighted by Gasteiger charge is -2.29. The standard InChI is InChI=1S/C14H22N4O5S2/c1-15-24(20,21)12-3-5-13(6-4-12)25(22,23)17(2)11-14(19)18-9-7-16-8-10-18/h3-6,15-16H,7-11H2,1-2H3. The summed E-state index contributed by atoms with van der Waals surface area (Å²) in [5.74, 6) is -0.262. The highest BCUT2D eigenvalue weighted by Crippen LogP contribution is 2.17. The van der Waals surface area contributed by atoms with E-state index in [0.29, 0.717) is 26.2 Å². The fraction of sp³-hybridized carbons (Fsp3) is 0.500. The Morgan fingerprint density at radius 3 is 2.16 bits per heavy atom. The molecular formula is C14H22N4O5S2. The van der Waals surface area contributed by atoms with Gasteiger partial charge in [0.2, 0.25) is 26.0 Å². The molecule has 0 spiro atoms. The number of carbonyl (C=O) groups is 1. The number of benzene rings is 1. The van der Waals surface area contributed by atoms with Crippen LogP contribution in [0.4, 0.5) is 0 Å². The zero-order valence-corrected chi connectivity index (χ0v) is 15.7. The van der Waals surface area contributed by atoms with Crippen LogP contribution in [0.3, 0.4) is 0 Å². The molecule has 1 saturated heterocycles. The van der Waals surface area contributed by atoms with Gasteiger partial charge in [0.1, 0.15) is 0 Å². The molecule has 1 fully saturated rings. The number of likely N-dealkylation sites (N-methyl/N-ethyl adjacent to an activating group) is 1. The Kier molecular flexibility index (Phi) is 6.16. The van der Waals surface area contributed by atoms with Crippen LogP contribution < -0.4 is 10.0 Å². The molecule has 25 heavy (non-hydrogen) atoms. The summed E-state index contributed by atoms with van der Waals surface area (Å²) in [7, 11) is -4.93. The van der Waals surface area contributed by atoms with Gasteiger partial charge in [0, 0.05) is 33.2 Å². The number of rotatable bonds is 6. The second-order valence-electron chi connectivity index (χ2n) is 5.57. The van der Waals surface area contributed by atoms with E-state index in [4.69, 9.17) is 0 Å². The average molecular weight is 390 g/mol. The third kappa shape index (κ3) is 4.55. The number of piperazine rings is 1. The lowest BCUT2D eigenvalue weighted by Crippen LogP contribution is -2.49. The SMILES string of the molecule is CNS(=O)(=O)c1ccc(S(=O)(=O)N(C)CC(=O)N2CCNCC2)cc1. The summed E-state index contributed by atoms with van der Waals surface area (Å²) in [5, 5.41) is 3.12. The van der Waals surface area contributed by atoms with E-state index >= 15 is 0 Å². The van der Waals surface area contributed by atoms with E-state index in [1.807, 2.05) is 0 Å². The van der Waals surface area contributed by atoms with Gasteiger partial charge in [-0.05, 0) is 31.3 Å². The molecule has 0 unspecified atom stereocenters. The molecule has 1 aromatic carbocycles. The Morgan fingerprint density at radius 2 is 1.64 bits per heavy atom. The molecule has 0 saturated carbocycles. The van der Waals surface area contributed by atoms with Crippen LogP contribution in [0.2, 0.25) is 0 Å². The molecule has 2 rings (SSSR count). The van der Waals surface area contributed by atoms with Crippen molar-refractivity contribution in [2.45, 2.75) is 9.79 Å². The molecule has 2 N–H and O–H groups in total. The van der Waals surface area contributed by atoms with E-state index in [1.54, 1.807) is 4.90 Å². The first-order valence-corrected chi connectivity index (χ1v) is 10.6. The Morgan fingerprint density at radius 1 is 1.12 bits per heavy atom. The molecule has 0 radical (unpaired) electrons. The molecule has 0 atom stereocenters. The Hall–Kier alpha value is -1.53. The molecule has 9 nitrogen and oxygen atoms in total. The fourth-order valence-electron chi connectivity index (χ4n) is 2.38. The van der Waals surface area contributed by atoms with Crippen molar-refractivity contribution < 1.29 is 21.6 Å². The van der Waals surface area contributed by atoms with Gasteiger partial charge in [-0.1, -0.05) is 0 Å². The molecule has 0 aromatic heterocycles. The summed E-state index contributed by atoms with van der Waals surface area (Å²) in [5.41, 5.74) is 0. The molecule has 11 heteroatoms. The molecule has 0 aliphatic carbocycles. The molecule has 1 heterocycles. The van der Waals surface area contributed by atoms with Crippen molar-refractivity contribution in [1.29, 1.82) is 0 Å². The summed E-state index contributed by atoms with van der Waals surface area (Å²) in [6, 6.07) is 4.85. The molecule has 1 aromatic rings. The van der Waals surface area contributed by atoms with Crippen molar-refractivity contribution in [2.24, 2.45) is 0 Å². The van der Waals surface area contributed by atoms with Crippen LogP contribution in [-0.2, 0) is 24.8 Å². The quantitative estimate of drug-likeness (QED) is 0.620. The predicted octanol–water partition coefficient (Wildman–Crippen LogP) is -1.35. The summed E-state index contributed by atoms with van der Waals surface area (Å²) < 4.78 is 51.6. The van der Waals surface area contributed by atoms with Crippen molar-refractivity contribution in [3.05, 3.63) is 24.3 Å². The van der Waals surface area contributed by atoms with Crippen LogP contribution in [-0.4, -0.2) is 78.8 Å². The van der Waals surface area contributed by atoms with Crippen LogP contribution >= 0.6 is 0 Å². The molecular weight excluding hydrogens is 368 g/mol. The second kappa shape index (κ2) is 7.79. The summed E-state index contributed by atoms with van der Waals surface area (Å²) >= 11 is 0. The minimum absolute atomic E-state index is 0.0338. The number of nitrogens with zero attached hydrogens (tertiary/aromatic N) is 2. The van der Waals surface area contributed by atoms with Crippen molar-refractivity contribution in [3.63, 3.8) is 0 Å². The first-order chi connectivity index (χ1) is 11.7. The van der Waals surface area contributed by atoms with E-state index in [9.17, 15) is 21.6 Å². The molecule has 1 amide bonds. The molecule has 1 aliphatic heterocycles. The van der Waals surface area contributed by atoms with Crippen LogP contribution in [0.25, 0.3) is 0 Å². The van der Waals surface area contributed by atoms with E-state index < -0.39 is 20.0 Å². The normalized spacial score (nSPS) is 16.2. The summed E-state index contributed by atoms with van der Waals surface area (Å²) in [6.45, 7) is 2.19. The maximum atomic E-state index is 12.6. The topological polar surface area (TPSA) is 116 Å². The predicted molar refractivity (Wildman–Crippen MR) is 92.0 cm³/mol. The minimum Gasteiger partial charge on any atom is -0.339 e. The van der Waals surface area contributed by atoms with Crippen molar-refractivity contribution in [2.75, 3.05) is 46.8 Å². The van der Waals surface area contributed by atoms with Crippen LogP contribution in [0.1, 0.15) is 0 Å². The molecule has 140 valence electrons. The highest BCUT2D eigenvalue weighted by molar-refractivity contribution is 7.89. The number of hydrogen-bond donors (Lipinski definition) is 2. The van der Waals surface area contributed by atoms with Crippen LogP contribution in [0.5, 0.6) is 0 Å². The van der Waals surface area contributed by atoms with Gasteiger partial charge in [-0.3, -0.25) is 4.79 Å². The van der Waals surface area contributed by atoms with Crippen molar-refractivity contribution in [3.8, 4) is 0 Å². The maximum Gasteiger partial charge on any atom is 0.243 e. The monoisotopic (exact) mass is 390 g/mol. The van der Waals surface area contributed by atoms with Gasteiger partial charge in [-0.2, -0.15) is 4.31 Å². The van der Waals surface area contributed by atoms with E-state index in [2.05, 4.69) is 10.0 Å². The lowest BCUT2D eigenvalue weighted by molar-refractivity contribution is -0.131. The van der Waals surface area contributed by atoms with Gasteiger partial charge >= 0.3 is 0 Å². The van der Waals surface area contributed by atoms with Gasteiger partial charge < -0.3 is 10.2 Å². The Balaban J connectivity index is 2.13. The van der Waals surface area contributed by atoms with Gasteiger partial charge in [-0.15, -0.1) is 0 Å². The fourth-order valence-corrected chi connectivity index (χ4v) is 4.23.